The molecule has 0 radical (unpaired) electrons. The SMILES string of the molecule is N#Cc1ccc(N2CCCC(NC(=O)c3ccn[nH]3)C2)c(F)c1. The van der Waals surface area contributed by atoms with Crippen LogP contribution in [0, 0.1) is 17.1 Å². The summed E-state index contributed by atoms with van der Waals surface area (Å²) in [5, 5.41) is 18.1. The van der Waals surface area contributed by atoms with Gasteiger partial charge in [-0.3, -0.25) is 9.89 Å². The Kier molecular flexibility index (Phi) is 4.24. The van der Waals surface area contributed by atoms with E-state index in [0.29, 0.717) is 23.5 Å². The molecule has 7 heteroatoms. The highest BCUT2D eigenvalue weighted by molar-refractivity contribution is 5.92. The van der Waals surface area contributed by atoms with Gasteiger partial charge in [0.1, 0.15) is 11.5 Å². The van der Waals surface area contributed by atoms with E-state index in [9.17, 15) is 9.18 Å². The van der Waals surface area contributed by atoms with Crippen LogP contribution in [0.25, 0.3) is 0 Å². The number of aromatic nitrogens is 2. The van der Waals surface area contributed by atoms with Crippen LogP contribution in [0.5, 0.6) is 0 Å². The molecular formula is C16H16FN5O. The number of nitrogens with zero attached hydrogens (tertiary/aromatic N) is 3. The van der Waals surface area contributed by atoms with Gasteiger partial charge in [-0.1, -0.05) is 0 Å². The molecule has 1 atom stereocenters. The van der Waals surface area contributed by atoms with Crippen molar-refractivity contribution in [2.75, 3.05) is 18.0 Å². The Hall–Kier alpha value is -2.88. The lowest BCUT2D eigenvalue weighted by Gasteiger charge is -2.34. The molecule has 0 bridgehead atoms. The first-order chi connectivity index (χ1) is 11.2. The predicted octanol–water partition coefficient (Wildman–Crippen LogP) is 1.82. The largest absolute Gasteiger partial charge is 0.367 e. The Morgan fingerprint density at radius 2 is 2.35 bits per heavy atom. The van der Waals surface area contributed by atoms with Gasteiger partial charge in [0.2, 0.25) is 0 Å². The summed E-state index contributed by atoms with van der Waals surface area (Å²) in [4.78, 5) is 14.0. The molecule has 1 aliphatic rings. The molecule has 118 valence electrons. The molecule has 1 unspecified atom stereocenters. The van der Waals surface area contributed by atoms with Crippen LogP contribution in [-0.2, 0) is 0 Å². The number of halogens is 1. The molecule has 1 amide bonds. The van der Waals surface area contributed by atoms with Gasteiger partial charge in [0.05, 0.1) is 17.3 Å². The van der Waals surface area contributed by atoms with Gasteiger partial charge in [-0.15, -0.1) is 0 Å². The van der Waals surface area contributed by atoms with Crippen LogP contribution in [0.15, 0.2) is 30.5 Å². The lowest BCUT2D eigenvalue weighted by Crippen LogP contribution is -2.48. The Morgan fingerprint density at radius 3 is 3.04 bits per heavy atom. The van der Waals surface area contributed by atoms with Crippen LogP contribution in [0.4, 0.5) is 10.1 Å². The average Bonchev–Trinajstić information content (AvgIpc) is 3.09. The molecule has 0 aliphatic carbocycles. The Bertz CT molecular complexity index is 737. The zero-order valence-corrected chi connectivity index (χ0v) is 12.4. The van der Waals surface area contributed by atoms with Crippen LogP contribution in [0.1, 0.15) is 28.9 Å². The standard InChI is InChI=1S/C16H16FN5O/c17-13-8-11(9-18)3-4-15(13)22-7-1-2-12(10-22)20-16(23)14-5-6-19-21-14/h3-6,8,12H,1-2,7,10H2,(H,19,21)(H,20,23). The third kappa shape index (κ3) is 3.31. The zero-order chi connectivity index (χ0) is 16.2. The number of amides is 1. The number of aromatic amines is 1. The fraction of sp³-hybridized carbons (Fsp3) is 0.312. The quantitative estimate of drug-likeness (QED) is 0.905. The van der Waals surface area contributed by atoms with Crippen LogP contribution < -0.4 is 10.2 Å². The van der Waals surface area contributed by atoms with E-state index in [4.69, 9.17) is 5.26 Å². The van der Waals surface area contributed by atoms with Crippen molar-refractivity contribution in [3.63, 3.8) is 0 Å². The van der Waals surface area contributed by atoms with Gasteiger partial charge < -0.3 is 10.2 Å². The minimum atomic E-state index is -0.412. The van der Waals surface area contributed by atoms with Crippen molar-refractivity contribution in [2.24, 2.45) is 0 Å². The van der Waals surface area contributed by atoms with Crippen molar-refractivity contribution in [1.82, 2.24) is 15.5 Å². The molecule has 23 heavy (non-hydrogen) atoms. The first-order valence-electron chi connectivity index (χ1n) is 7.42. The van der Waals surface area contributed by atoms with E-state index >= 15 is 0 Å². The average molecular weight is 313 g/mol. The van der Waals surface area contributed by atoms with Crippen molar-refractivity contribution in [3.8, 4) is 6.07 Å². The summed E-state index contributed by atoms with van der Waals surface area (Å²) in [6.07, 6.45) is 3.22. The molecule has 1 fully saturated rings. The van der Waals surface area contributed by atoms with E-state index in [1.165, 1.54) is 12.3 Å². The summed E-state index contributed by atoms with van der Waals surface area (Å²) in [5.74, 6) is -0.626. The third-order valence-electron chi connectivity index (χ3n) is 3.92. The maximum absolute atomic E-state index is 14.1. The third-order valence-corrected chi connectivity index (χ3v) is 3.92. The lowest BCUT2D eigenvalue weighted by molar-refractivity contribution is 0.0928. The molecule has 2 heterocycles. The Morgan fingerprint density at radius 1 is 1.48 bits per heavy atom. The second-order valence-electron chi connectivity index (χ2n) is 5.51. The number of benzene rings is 1. The highest BCUT2D eigenvalue weighted by Gasteiger charge is 2.24. The number of carbonyl (C=O) groups excluding carboxylic acids is 1. The number of hydrogen-bond donors (Lipinski definition) is 2. The van der Waals surface area contributed by atoms with Crippen molar-refractivity contribution in [1.29, 1.82) is 5.26 Å². The summed E-state index contributed by atoms with van der Waals surface area (Å²) in [6, 6.07) is 7.93. The monoisotopic (exact) mass is 313 g/mol. The van der Waals surface area contributed by atoms with E-state index in [-0.39, 0.29) is 11.9 Å². The van der Waals surface area contributed by atoms with Gasteiger partial charge in [0, 0.05) is 25.3 Å². The first kappa shape index (κ1) is 15.0. The molecule has 1 saturated heterocycles. The van der Waals surface area contributed by atoms with E-state index in [2.05, 4.69) is 15.5 Å². The number of nitrogens with one attached hydrogen (secondary N) is 2. The van der Waals surface area contributed by atoms with Crippen LogP contribution >= 0.6 is 0 Å². The number of H-pyrrole nitrogens is 1. The van der Waals surface area contributed by atoms with Gasteiger partial charge in [0.15, 0.2) is 0 Å². The fourth-order valence-corrected chi connectivity index (χ4v) is 2.79. The van der Waals surface area contributed by atoms with Crippen LogP contribution in [0.3, 0.4) is 0 Å². The molecule has 1 aromatic carbocycles. The summed E-state index contributed by atoms with van der Waals surface area (Å²) in [5.41, 5.74) is 1.17. The molecule has 0 saturated carbocycles. The molecule has 6 nitrogen and oxygen atoms in total. The van der Waals surface area contributed by atoms with E-state index in [1.807, 2.05) is 11.0 Å². The fourth-order valence-electron chi connectivity index (χ4n) is 2.79. The van der Waals surface area contributed by atoms with Crippen molar-refractivity contribution >= 4 is 11.6 Å². The van der Waals surface area contributed by atoms with Gasteiger partial charge in [-0.2, -0.15) is 10.4 Å². The summed E-state index contributed by atoms with van der Waals surface area (Å²) in [7, 11) is 0. The van der Waals surface area contributed by atoms with Crippen molar-refractivity contribution in [3.05, 3.63) is 47.5 Å². The minimum absolute atomic E-state index is 0.0606. The molecule has 1 aromatic heterocycles. The van der Waals surface area contributed by atoms with E-state index in [1.54, 1.807) is 18.2 Å². The number of rotatable bonds is 3. The molecule has 2 aromatic rings. The molecule has 3 rings (SSSR count). The molecule has 2 N–H and O–H groups in total. The van der Waals surface area contributed by atoms with E-state index in [0.717, 1.165) is 19.4 Å². The van der Waals surface area contributed by atoms with Crippen LogP contribution in [-0.4, -0.2) is 35.2 Å². The number of carbonyl (C=O) groups is 1. The summed E-state index contributed by atoms with van der Waals surface area (Å²) in [6.45, 7) is 1.25. The first-order valence-corrected chi connectivity index (χ1v) is 7.42. The number of anilines is 1. The second-order valence-corrected chi connectivity index (χ2v) is 5.51. The lowest BCUT2D eigenvalue weighted by atomic mass is 10.0. The Balaban J connectivity index is 1.69. The van der Waals surface area contributed by atoms with E-state index < -0.39 is 5.82 Å². The van der Waals surface area contributed by atoms with Crippen molar-refractivity contribution in [2.45, 2.75) is 18.9 Å². The van der Waals surface area contributed by atoms with Gasteiger partial charge in [-0.25, -0.2) is 4.39 Å². The molecule has 0 spiro atoms. The summed E-state index contributed by atoms with van der Waals surface area (Å²) >= 11 is 0. The highest BCUT2D eigenvalue weighted by Crippen LogP contribution is 2.24. The van der Waals surface area contributed by atoms with Crippen LogP contribution in [0.2, 0.25) is 0 Å². The number of hydrogen-bond acceptors (Lipinski definition) is 4. The Labute approximate surface area is 132 Å². The maximum atomic E-state index is 14.1. The number of nitriles is 1. The molecule has 1 aliphatic heterocycles. The van der Waals surface area contributed by atoms with Gasteiger partial charge >= 0.3 is 0 Å². The summed E-state index contributed by atoms with van der Waals surface area (Å²) < 4.78 is 14.1. The van der Waals surface area contributed by atoms with Crippen molar-refractivity contribution < 1.29 is 9.18 Å². The topological polar surface area (TPSA) is 84.8 Å². The normalized spacial score (nSPS) is 17.6. The highest BCUT2D eigenvalue weighted by atomic mass is 19.1. The maximum Gasteiger partial charge on any atom is 0.269 e. The molecular weight excluding hydrogens is 297 g/mol. The minimum Gasteiger partial charge on any atom is -0.367 e. The number of piperidine rings is 1. The van der Waals surface area contributed by atoms with Gasteiger partial charge in [-0.05, 0) is 37.1 Å². The smallest absolute Gasteiger partial charge is 0.269 e. The second kappa shape index (κ2) is 6.48. The zero-order valence-electron chi connectivity index (χ0n) is 12.4. The van der Waals surface area contributed by atoms with Gasteiger partial charge in [0.25, 0.3) is 5.91 Å². The predicted molar refractivity (Wildman–Crippen MR) is 82.4 cm³/mol.